The normalized spacial score (nSPS) is 23.0. The van der Waals surface area contributed by atoms with Crippen molar-refractivity contribution in [2.75, 3.05) is 18.1 Å². The summed E-state index contributed by atoms with van der Waals surface area (Å²) in [6.45, 7) is 0.736. The summed E-state index contributed by atoms with van der Waals surface area (Å²) in [6, 6.07) is 3.86. The molecule has 1 aromatic heterocycles. The molecule has 0 saturated carbocycles. The van der Waals surface area contributed by atoms with Crippen LogP contribution in [0.25, 0.3) is 0 Å². The molecule has 0 spiro atoms. The van der Waals surface area contributed by atoms with E-state index in [1.807, 2.05) is 23.9 Å². The molecule has 0 aromatic carbocycles. The van der Waals surface area contributed by atoms with Gasteiger partial charge in [-0.25, -0.2) is 0 Å². The molecule has 0 amide bonds. The molecule has 1 fully saturated rings. The number of hydrogen-bond donors (Lipinski definition) is 1. The summed E-state index contributed by atoms with van der Waals surface area (Å²) in [7, 11) is 0. The van der Waals surface area contributed by atoms with Gasteiger partial charge in [0.2, 0.25) is 0 Å². The average molecular weight is 304 g/mol. The maximum Gasteiger partial charge on any atom is 0.0928 e. The third-order valence-electron chi connectivity index (χ3n) is 2.48. The summed E-state index contributed by atoms with van der Waals surface area (Å²) in [6.07, 6.45) is 1.79. The van der Waals surface area contributed by atoms with Crippen molar-refractivity contribution in [2.45, 2.75) is 18.6 Å². The summed E-state index contributed by atoms with van der Waals surface area (Å²) in [5, 5.41) is 10.0. The summed E-state index contributed by atoms with van der Waals surface area (Å²) in [4.78, 5) is 4.24. The number of rotatable bonds is 3. The van der Waals surface area contributed by atoms with E-state index in [9.17, 15) is 5.11 Å². The fraction of sp³-hybridized carbons (Fsp3) is 0.545. The topological polar surface area (TPSA) is 42.4 Å². The Morgan fingerprint density at radius 3 is 3.12 bits per heavy atom. The highest BCUT2D eigenvalue weighted by molar-refractivity contribution is 9.10. The Morgan fingerprint density at radius 1 is 1.62 bits per heavy atom. The molecule has 2 atom stereocenters. The van der Waals surface area contributed by atoms with Crippen LogP contribution in [0.4, 0.5) is 0 Å². The molecular formula is C11H14BrNO2S. The van der Waals surface area contributed by atoms with Crippen LogP contribution in [0.15, 0.2) is 22.8 Å². The quantitative estimate of drug-likeness (QED) is 0.926. The highest BCUT2D eigenvalue weighted by Crippen LogP contribution is 2.18. The van der Waals surface area contributed by atoms with E-state index < -0.39 is 6.10 Å². The lowest BCUT2D eigenvalue weighted by Crippen LogP contribution is -2.36. The Bertz CT molecular complexity index is 327. The standard InChI is InChI=1S/C11H14BrNO2S/c12-8-1-2-9(13-6-8)5-10(14)11-7-16-4-3-15-11/h1-2,6,10-11,14H,3-5,7H2. The lowest BCUT2D eigenvalue weighted by molar-refractivity contribution is -0.0211. The fourth-order valence-electron chi connectivity index (χ4n) is 1.60. The van der Waals surface area contributed by atoms with E-state index in [-0.39, 0.29) is 6.10 Å². The number of pyridine rings is 1. The van der Waals surface area contributed by atoms with Crippen LogP contribution >= 0.6 is 27.7 Å². The van der Waals surface area contributed by atoms with Crippen molar-refractivity contribution >= 4 is 27.7 Å². The van der Waals surface area contributed by atoms with Crippen molar-refractivity contribution in [3.63, 3.8) is 0 Å². The smallest absolute Gasteiger partial charge is 0.0928 e. The first-order chi connectivity index (χ1) is 7.75. The summed E-state index contributed by atoms with van der Waals surface area (Å²) >= 11 is 5.17. The lowest BCUT2D eigenvalue weighted by atomic mass is 10.1. The second-order valence-electron chi connectivity index (χ2n) is 3.72. The molecule has 1 aliphatic heterocycles. The number of ether oxygens (including phenoxy) is 1. The lowest BCUT2D eigenvalue weighted by Gasteiger charge is -2.26. The molecule has 2 unspecified atom stereocenters. The third kappa shape index (κ3) is 3.45. The molecular weight excluding hydrogens is 290 g/mol. The first-order valence-electron chi connectivity index (χ1n) is 5.23. The zero-order chi connectivity index (χ0) is 11.4. The summed E-state index contributed by atoms with van der Waals surface area (Å²) < 4.78 is 6.48. The van der Waals surface area contributed by atoms with Crippen LogP contribution in [0.1, 0.15) is 5.69 Å². The number of nitrogens with zero attached hydrogens (tertiary/aromatic N) is 1. The van der Waals surface area contributed by atoms with Crippen LogP contribution in [0.2, 0.25) is 0 Å². The van der Waals surface area contributed by atoms with Crippen LogP contribution in [0.5, 0.6) is 0 Å². The number of hydrogen-bond acceptors (Lipinski definition) is 4. The molecule has 2 rings (SSSR count). The van der Waals surface area contributed by atoms with Gasteiger partial charge in [-0.3, -0.25) is 4.98 Å². The van der Waals surface area contributed by atoms with Gasteiger partial charge < -0.3 is 9.84 Å². The Morgan fingerprint density at radius 2 is 2.50 bits per heavy atom. The van der Waals surface area contributed by atoms with Crippen molar-refractivity contribution in [1.82, 2.24) is 4.98 Å². The van der Waals surface area contributed by atoms with Gasteiger partial charge in [0.05, 0.1) is 18.8 Å². The van der Waals surface area contributed by atoms with Gasteiger partial charge in [-0.1, -0.05) is 0 Å². The Hall–Kier alpha value is -0.100. The Balaban J connectivity index is 1.90. The minimum Gasteiger partial charge on any atom is -0.390 e. The van der Waals surface area contributed by atoms with Gasteiger partial charge in [-0.05, 0) is 28.1 Å². The molecule has 5 heteroatoms. The predicted molar refractivity (Wildman–Crippen MR) is 68.7 cm³/mol. The molecule has 2 heterocycles. The van der Waals surface area contributed by atoms with Gasteiger partial charge in [0, 0.05) is 34.3 Å². The number of thioether (sulfide) groups is 1. The van der Waals surface area contributed by atoms with Gasteiger partial charge in [0.15, 0.2) is 0 Å². The first-order valence-corrected chi connectivity index (χ1v) is 7.18. The van der Waals surface area contributed by atoms with Gasteiger partial charge in [0.25, 0.3) is 0 Å². The minimum atomic E-state index is -0.457. The van der Waals surface area contributed by atoms with E-state index in [2.05, 4.69) is 20.9 Å². The van der Waals surface area contributed by atoms with E-state index >= 15 is 0 Å². The molecule has 1 aromatic rings. The molecule has 88 valence electrons. The van der Waals surface area contributed by atoms with Crippen molar-refractivity contribution < 1.29 is 9.84 Å². The fourth-order valence-corrected chi connectivity index (χ4v) is 2.77. The van der Waals surface area contributed by atoms with Crippen LogP contribution in [0, 0.1) is 0 Å². The van der Waals surface area contributed by atoms with E-state index in [1.54, 1.807) is 6.20 Å². The molecule has 3 nitrogen and oxygen atoms in total. The Labute approximate surface area is 108 Å². The molecule has 0 aliphatic carbocycles. The highest BCUT2D eigenvalue weighted by atomic mass is 79.9. The Kier molecular flexibility index (Phi) is 4.64. The van der Waals surface area contributed by atoms with E-state index in [4.69, 9.17) is 4.74 Å². The van der Waals surface area contributed by atoms with Gasteiger partial charge in [-0.15, -0.1) is 0 Å². The molecule has 1 saturated heterocycles. The van der Waals surface area contributed by atoms with Gasteiger partial charge in [-0.2, -0.15) is 11.8 Å². The first kappa shape index (κ1) is 12.4. The maximum atomic E-state index is 10.0. The highest BCUT2D eigenvalue weighted by Gasteiger charge is 2.23. The summed E-state index contributed by atoms with van der Waals surface area (Å²) in [5.41, 5.74) is 0.898. The van der Waals surface area contributed by atoms with Crippen LogP contribution in [0.3, 0.4) is 0 Å². The molecule has 1 N–H and O–H groups in total. The van der Waals surface area contributed by atoms with Crippen LogP contribution in [-0.4, -0.2) is 40.4 Å². The number of aliphatic hydroxyl groups is 1. The minimum absolute atomic E-state index is 0.0517. The SMILES string of the molecule is OC(Cc1ccc(Br)cn1)C1CSCCO1. The van der Waals surface area contributed by atoms with Crippen LogP contribution < -0.4 is 0 Å². The molecule has 0 radical (unpaired) electrons. The van der Waals surface area contributed by atoms with Crippen molar-refractivity contribution in [3.05, 3.63) is 28.5 Å². The van der Waals surface area contributed by atoms with E-state index in [0.717, 1.165) is 28.3 Å². The third-order valence-corrected chi connectivity index (χ3v) is 3.97. The number of aliphatic hydroxyl groups excluding tert-OH is 1. The largest absolute Gasteiger partial charge is 0.390 e. The van der Waals surface area contributed by atoms with Gasteiger partial charge >= 0.3 is 0 Å². The van der Waals surface area contributed by atoms with E-state index in [1.165, 1.54) is 0 Å². The summed E-state index contributed by atoms with van der Waals surface area (Å²) in [5.74, 6) is 1.90. The molecule has 16 heavy (non-hydrogen) atoms. The molecule has 1 aliphatic rings. The maximum absolute atomic E-state index is 10.0. The van der Waals surface area contributed by atoms with Crippen LogP contribution in [-0.2, 0) is 11.2 Å². The predicted octanol–water partition coefficient (Wildman–Crippen LogP) is 1.88. The average Bonchev–Trinajstić information content (AvgIpc) is 2.33. The number of halogens is 1. The molecule has 0 bridgehead atoms. The van der Waals surface area contributed by atoms with E-state index in [0.29, 0.717) is 6.42 Å². The van der Waals surface area contributed by atoms with Gasteiger partial charge in [0.1, 0.15) is 0 Å². The van der Waals surface area contributed by atoms with Crippen molar-refractivity contribution in [1.29, 1.82) is 0 Å². The monoisotopic (exact) mass is 303 g/mol. The zero-order valence-electron chi connectivity index (χ0n) is 8.80. The zero-order valence-corrected chi connectivity index (χ0v) is 11.2. The van der Waals surface area contributed by atoms with Crippen molar-refractivity contribution in [3.8, 4) is 0 Å². The second-order valence-corrected chi connectivity index (χ2v) is 5.79. The second kappa shape index (κ2) is 6.00. The number of aromatic nitrogens is 1. The van der Waals surface area contributed by atoms with Crippen molar-refractivity contribution in [2.24, 2.45) is 0 Å².